The van der Waals surface area contributed by atoms with Gasteiger partial charge < -0.3 is 5.32 Å². The Morgan fingerprint density at radius 1 is 1.28 bits per heavy atom. The zero-order chi connectivity index (χ0) is 13.4. The summed E-state index contributed by atoms with van der Waals surface area (Å²) in [5.41, 5.74) is 0. The number of nitrogens with one attached hydrogen (secondary N) is 1. The van der Waals surface area contributed by atoms with Crippen molar-refractivity contribution in [2.75, 3.05) is 19.6 Å². The van der Waals surface area contributed by atoms with Crippen LogP contribution in [0.1, 0.15) is 66.2 Å². The van der Waals surface area contributed by atoms with Crippen LogP contribution in [0, 0.1) is 5.92 Å². The van der Waals surface area contributed by atoms with E-state index in [-0.39, 0.29) is 0 Å². The van der Waals surface area contributed by atoms with Gasteiger partial charge in [0.15, 0.2) is 0 Å². The van der Waals surface area contributed by atoms with Crippen LogP contribution in [0.4, 0.5) is 0 Å². The van der Waals surface area contributed by atoms with E-state index in [9.17, 15) is 0 Å². The summed E-state index contributed by atoms with van der Waals surface area (Å²) in [7, 11) is 0. The van der Waals surface area contributed by atoms with Crippen LogP contribution in [0.5, 0.6) is 0 Å². The Balaban J connectivity index is 2.49. The molecule has 0 saturated carbocycles. The fraction of sp³-hybridized carbons (Fsp3) is 1.00. The van der Waals surface area contributed by atoms with Crippen molar-refractivity contribution in [1.82, 2.24) is 10.2 Å². The summed E-state index contributed by atoms with van der Waals surface area (Å²) >= 11 is 0. The molecule has 1 saturated heterocycles. The molecule has 2 heteroatoms. The highest BCUT2D eigenvalue weighted by Gasteiger charge is 2.23. The Morgan fingerprint density at radius 3 is 2.56 bits per heavy atom. The van der Waals surface area contributed by atoms with Crippen LogP contribution in [0.15, 0.2) is 0 Å². The first kappa shape index (κ1) is 16.0. The van der Waals surface area contributed by atoms with Gasteiger partial charge in [0.2, 0.25) is 0 Å². The van der Waals surface area contributed by atoms with E-state index in [0.717, 1.165) is 18.0 Å². The lowest BCUT2D eigenvalue weighted by Crippen LogP contribution is -2.44. The third-order valence-electron chi connectivity index (χ3n) is 4.10. The molecular weight excluding hydrogens is 220 g/mol. The largest absolute Gasteiger partial charge is 0.313 e. The summed E-state index contributed by atoms with van der Waals surface area (Å²) in [4.78, 5) is 2.77. The molecule has 1 aliphatic heterocycles. The highest BCUT2D eigenvalue weighted by molar-refractivity contribution is 4.81. The summed E-state index contributed by atoms with van der Waals surface area (Å²) in [6, 6.07) is 1.55. The molecule has 2 nitrogen and oxygen atoms in total. The van der Waals surface area contributed by atoms with Crippen molar-refractivity contribution in [1.29, 1.82) is 0 Å². The van der Waals surface area contributed by atoms with Gasteiger partial charge in [-0.3, -0.25) is 4.90 Å². The number of unbranched alkanes of at least 4 members (excludes halogenated alkanes) is 1. The third-order valence-corrected chi connectivity index (χ3v) is 4.10. The minimum atomic E-state index is 0.749. The topological polar surface area (TPSA) is 15.3 Å². The molecule has 0 aromatic rings. The highest BCUT2D eigenvalue weighted by atomic mass is 15.2. The van der Waals surface area contributed by atoms with Gasteiger partial charge in [-0.1, -0.05) is 40.5 Å². The van der Waals surface area contributed by atoms with E-state index in [1.54, 1.807) is 0 Å². The predicted molar refractivity (Wildman–Crippen MR) is 81.0 cm³/mol. The van der Waals surface area contributed by atoms with Crippen LogP contribution in [-0.2, 0) is 0 Å². The average Bonchev–Trinajstić information content (AvgIpc) is 2.82. The summed E-state index contributed by atoms with van der Waals surface area (Å²) in [6.07, 6.45) is 8.13. The Morgan fingerprint density at radius 2 is 2.06 bits per heavy atom. The van der Waals surface area contributed by atoms with Gasteiger partial charge in [0.1, 0.15) is 0 Å². The minimum absolute atomic E-state index is 0.749. The molecular formula is C16H34N2. The van der Waals surface area contributed by atoms with Crippen LogP contribution in [0.3, 0.4) is 0 Å². The lowest BCUT2D eigenvalue weighted by Gasteiger charge is -2.34. The summed E-state index contributed by atoms with van der Waals surface area (Å²) in [5, 5.41) is 3.65. The maximum atomic E-state index is 3.65. The second-order valence-electron chi connectivity index (χ2n) is 6.35. The molecule has 1 aliphatic rings. The smallest absolute Gasteiger partial charge is 0.0195 e. The molecule has 1 fully saturated rings. The van der Waals surface area contributed by atoms with Crippen LogP contribution < -0.4 is 5.32 Å². The number of rotatable bonds is 9. The summed E-state index contributed by atoms with van der Waals surface area (Å²) in [6.45, 7) is 13.1. The van der Waals surface area contributed by atoms with Crippen molar-refractivity contribution in [2.24, 2.45) is 5.92 Å². The molecule has 1 heterocycles. The molecule has 0 aliphatic carbocycles. The van der Waals surface area contributed by atoms with E-state index >= 15 is 0 Å². The first-order valence-electron chi connectivity index (χ1n) is 8.14. The Labute approximate surface area is 115 Å². The maximum Gasteiger partial charge on any atom is 0.0195 e. The van der Waals surface area contributed by atoms with Crippen LogP contribution in [-0.4, -0.2) is 36.6 Å². The SMILES string of the molecule is CCCCC(CC)N(CC(C)C)CC1CCCN1. The fourth-order valence-corrected chi connectivity index (χ4v) is 3.12. The summed E-state index contributed by atoms with van der Waals surface area (Å²) < 4.78 is 0. The van der Waals surface area contributed by atoms with E-state index in [1.807, 2.05) is 0 Å². The fourth-order valence-electron chi connectivity index (χ4n) is 3.12. The van der Waals surface area contributed by atoms with Crippen molar-refractivity contribution >= 4 is 0 Å². The van der Waals surface area contributed by atoms with E-state index < -0.39 is 0 Å². The normalized spacial score (nSPS) is 22.0. The molecule has 2 unspecified atom stereocenters. The van der Waals surface area contributed by atoms with Gasteiger partial charge in [-0.05, 0) is 38.1 Å². The lowest BCUT2D eigenvalue weighted by molar-refractivity contribution is 0.147. The van der Waals surface area contributed by atoms with Crippen molar-refractivity contribution in [2.45, 2.75) is 78.3 Å². The molecule has 0 radical (unpaired) electrons. The zero-order valence-corrected chi connectivity index (χ0v) is 13.0. The quantitative estimate of drug-likeness (QED) is 0.675. The lowest BCUT2D eigenvalue weighted by atomic mass is 10.0. The van der Waals surface area contributed by atoms with Gasteiger partial charge in [0.25, 0.3) is 0 Å². The van der Waals surface area contributed by atoms with Gasteiger partial charge in [-0.15, -0.1) is 0 Å². The number of nitrogens with zero attached hydrogens (tertiary/aromatic N) is 1. The molecule has 0 amide bonds. The standard InChI is InChI=1S/C16H34N2/c1-5-7-10-16(6-2)18(12-14(3)4)13-15-9-8-11-17-15/h14-17H,5-13H2,1-4H3. The predicted octanol–water partition coefficient (Wildman–Crippen LogP) is 3.67. The van der Waals surface area contributed by atoms with Crippen molar-refractivity contribution in [3.05, 3.63) is 0 Å². The van der Waals surface area contributed by atoms with Crippen LogP contribution in [0.2, 0.25) is 0 Å². The second kappa shape index (κ2) is 8.92. The second-order valence-corrected chi connectivity index (χ2v) is 6.35. The van der Waals surface area contributed by atoms with Crippen molar-refractivity contribution in [3.63, 3.8) is 0 Å². The number of hydrogen-bond acceptors (Lipinski definition) is 2. The van der Waals surface area contributed by atoms with Crippen LogP contribution >= 0.6 is 0 Å². The molecule has 0 aromatic heterocycles. The first-order valence-corrected chi connectivity index (χ1v) is 8.14. The van der Waals surface area contributed by atoms with Gasteiger partial charge >= 0.3 is 0 Å². The Bertz CT molecular complexity index is 197. The molecule has 1 rings (SSSR count). The average molecular weight is 254 g/mol. The third kappa shape index (κ3) is 5.71. The molecule has 0 bridgehead atoms. The van der Waals surface area contributed by atoms with Crippen molar-refractivity contribution in [3.8, 4) is 0 Å². The Kier molecular flexibility index (Phi) is 7.92. The molecule has 108 valence electrons. The maximum absolute atomic E-state index is 3.65. The van der Waals surface area contributed by atoms with E-state index in [1.165, 1.54) is 58.2 Å². The van der Waals surface area contributed by atoms with E-state index in [4.69, 9.17) is 0 Å². The first-order chi connectivity index (χ1) is 8.67. The van der Waals surface area contributed by atoms with Gasteiger partial charge in [-0.25, -0.2) is 0 Å². The molecule has 0 aromatic carbocycles. The van der Waals surface area contributed by atoms with Gasteiger partial charge in [-0.2, -0.15) is 0 Å². The molecule has 0 spiro atoms. The molecule has 1 N–H and O–H groups in total. The van der Waals surface area contributed by atoms with Gasteiger partial charge in [0, 0.05) is 25.2 Å². The van der Waals surface area contributed by atoms with Crippen LogP contribution in [0.25, 0.3) is 0 Å². The summed E-state index contributed by atoms with van der Waals surface area (Å²) in [5.74, 6) is 0.780. The minimum Gasteiger partial charge on any atom is -0.313 e. The highest BCUT2D eigenvalue weighted by Crippen LogP contribution is 2.17. The molecule has 18 heavy (non-hydrogen) atoms. The van der Waals surface area contributed by atoms with E-state index in [0.29, 0.717) is 0 Å². The Hall–Kier alpha value is -0.0800. The van der Waals surface area contributed by atoms with Crippen molar-refractivity contribution < 1.29 is 0 Å². The monoisotopic (exact) mass is 254 g/mol. The van der Waals surface area contributed by atoms with E-state index in [2.05, 4.69) is 37.9 Å². The molecule has 2 atom stereocenters. The van der Waals surface area contributed by atoms with Gasteiger partial charge in [0.05, 0.1) is 0 Å². The zero-order valence-electron chi connectivity index (χ0n) is 13.0. The number of hydrogen-bond donors (Lipinski definition) is 1.